The van der Waals surface area contributed by atoms with Gasteiger partial charge >= 0.3 is 0 Å². The van der Waals surface area contributed by atoms with Crippen LogP contribution in [-0.2, 0) is 0 Å². The minimum atomic E-state index is 0. The van der Waals surface area contributed by atoms with Gasteiger partial charge in [0.2, 0.25) is 0 Å². The first kappa shape index (κ1) is 8.82. The highest BCUT2D eigenvalue weighted by Crippen LogP contribution is 1.23. The van der Waals surface area contributed by atoms with Gasteiger partial charge in [0, 0.05) is 0 Å². The molecule has 4 heavy (non-hydrogen) atoms. The summed E-state index contributed by atoms with van der Waals surface area (Å²) in [6.07, 6.45) is 0. The molecule has 0 aromatic heterocycles. The molecule has 0 nitrogen and oxygen atoms in total. The van der Waals surface area contributed by atoms with Crippen LogP contribution in [-0.4, -0.2) is 14.9 Å². The molecule has 0 heterocycles. The summed E-state index contributed by atoms with van der Waals surface area (Å²) in [5.74, 6) is 0. The van der Waals surface area contributed by atoms with Gasteiger partial charge in [0.15, 0.2) is 0 Å². The molecule has 0 atom stereocenters. The molecule has 0 fully saturated rings. The van der Waals surface area contributed by atoms with E-state index in [2.05, 4.69) is 14.6 Å². The number of hydrogen-bond donors (Lipinski definition) is 0. The summed E-state index contributed by atoms with van der Waals surface area (Å²) >= 11 is 0. The molecule has 0 aromatic rings. The molecule has 0 aromatic carbocycles. The molecule has 0 saturated carbocycles. The number of hydrogen-bond acceptors (Lipinski definition) is 0. The van der Waals surface area contributed by atoms with Gasteiger partial charge in [0.25, 0.3) is 0 Å². The van der Waals surface area contributed by atoms with Crippen molar-refractivity contribution >= 4 is 28.4 Å². The predicted octanol–water partition coefficient (Wildman–Crippen LogP) is -0.868. The van der Waals surface area contributed by atoms with Gasteiger partial charge in [-0.25, -0.2) is 0 Å². The third kappa shape index (κ3) is 23.6. The summed E-state index contributed by atoms with van der Waals surface area (Å²) in [6, 6.07) is 0. The van der Waals surface area contributed by atoms with Gasteiger partial charge in [0.05, 0.1) is 14.9 Å². The maximum atomic E-state index is 2.12. The van der Waals surface area contributed by atoms with Crippen LogP contribution in [0.1, 0.15) is 0 Å². The van der Waals surface area contributed by atoms with E-state index in [9.17, 15) is 0 Å². The quantitative estimate of drug-likeness (QED) is 0.327. The first-order valence-electron chi connectivity index (χ1n) is 1.41. The average molecular weight is 73.8 g/mol. The topological polar surface area (TPSA) is 0 Å². The number of rotatable bonds is 0. The highest BCUT2D eigenvalue weighted by molar-refractivity contribution is 7.59. The zero-order valence-electron chi connectivity index (χ0n) is 3.21. The van der Waals surface area contributed by atoms with Crippen molar-refractivity contribution in [3.05, 3.63) is 0 Å². The third-order valence-corrected chi connectivity index (χ3v) is 0. The van der Waals surface area contributed by atoms with Crippen molar-refractivity contribution in [1.82, 2.24) is 0 Å². The van der Waals surface area contributed by atoms with Gasteiger partial charge in [0.1, 0.15) is 0 Å². The minimum Gasteiger partial charge on any atom is -0.197 e. The fraction of sp³-hybridized carbons (Fsp3) is 1.00. The SMILES string of the molecule is BBC.S. The van der Waals surface area contributed by atoms with E-state index < -0.39 is 0 Å². The smallest absolute Gasteiger partial charge is 0.0783 e. The highest BCUT2D eigenvalue weighted by atomic mass is 32.1. The molecular weight excluding hydrogens is 65.7 g/mol. The van der Waals surface area contributed by atoms with Crippen molar-refractivity contribution in [2.75, 3.05) is 0 Å². The zero-order valence-corrected chi connectivity index (χ0v) is 4.21. The van der Waals surface area contributed by atoms with Crippen molar-refractivity contribution < 1.29 is 0 Å². The summed E-state index contributed by atoms with van der Waals surface area (Å²) in [5.41, 5.74) is 0. The monoisotopic (exact) mass is 74.1 g/mol. The summed E-state index contributed by atoms with van der Waals surface area (Å²) < 4.78 is 0. The van der Waals surface area contributed by atoms with Crippen molar-refractivity contribution in [2.45, 2.75) is 6.82 Å². The van der Waals surface area contributed by atoms with Gasteiger partial charge < -0.3 is 0 Å². The van der Waals surface area contributed by atoms with Gasteiger partial charge in [-0.15, -0.1) is 0 Å². The molecule has 3 heteroatoms. The molecule has 0 rings (SSSR count). The van der Waals surface area contributed by atoms with Crippen LogP contribution in [0.3, 0.4) is 0 Å². The maximum absolute atomic E-state index is 2.12. The molecule has 24 valence electrons. The van der Waals surface area contributed by atoms with E-state index >= 15 is 0 Å². The first-order chi connectivity index (χ1) is 1.41. The lowest BCUT2D eigenvalue weighted by atomic mass is 9.59. The van der Waals surface area contributed by atoms with Gasteiger partial charge in [-0.1, -0.05) is 6.82 Å². The Morgan fingerprint density at radius 1 is 1.75 bits per heavy atom. The van der Waals surface area contributed by atoms with E-state index in [-0.39, 0.29) is 13.5 Å². The van der Waals surface area contributed by atoms with Crippen LogP contribution < -0.4 is 0 Å². The van der Waals surface area contributed by atoms with E-state index in [4.69, 9.17) is 0 Å². The molecule has 0 radical (unpaired) electrons. The van der Waals surface area contributed by atoms with E-state index in [1.807, 2.05) is 0 Å². The van der Waals surface area contributed by atoms with E-state index in [1.165, 1.54) is 7.17 Å². The first-order valence-corrected chi connectivity index (χ1v) is 1.41. The van der Waals surface area contributed by atoms with Crippen LogP contribution in [0.2, 0.25) is 6.82 Å². The maximum Gasteiger partial charge on any atom is 0.0783 e. The summed E-state index contributed by atoms with van der Waals surface area (Å²) in [6.45, 7) is 2.12. The Bertz CT molecular complexity index is 6.00. The predicted molar refractivity (Wildman–Crippen MR) is 31.9 cm³/mol. The highest BCUT2D eigenvalue weighted by Gasteiger charge is 1.45. The Labute approximate surface area is 36.1 Å². The fourth-order valence-corrected chi connectivity index (χ4v) is 0. The van der Waals surface area contributed by atoms with E-state index in [1.54, 1.807) is 0 Å². The molecule has 0 spiro atoms. The lowest BCUT2D eigenvalue weighted by Gasteiger charge is -1.38. The van der Waals surface area contributed by atoms with Crippen LogP contribution in [0, 0.1) is 0 Å². The van der Waals surface area contributed by atoms with Crippen LogP contribution >= 0.6 is 13.5 Å². The van der Waals surface area contributed by atoms with Crippen LogP contribution in [0.5, 0.6) is 0 Å². The average Bonchev–Trinajstić information content (AvgIpc) is 0.918. The van der Waals surface area contributed by atoms with Crippen molar-refractivity contribution in [3.63, 3.8) is 0 Å². The normalized spacial score (nSPS) is 3.25. The summed E-state index contributed by atoms with van der Waals surface area (Å²) in [7, 11) is 3.38. The lowest BCUT2D eigenvalue weighted by Crippen LogP contribution is -1.68. The van der Waals surface area contributed by atoms with Crippen LogP contribution in [0.15, 0.2) is 0 Å². The lowest BCUT2D eigenvalue weighted by molar-refractivity contribution is 2.37. The minimum absolute atomic E-state index is 0. The van der Waals surface area contributed by atoms with Gasteiger partial charge in [-0.05, 0) is 0 Å². The van der Waals surface area contributed by atoms with Gasteiger partial charge in [-0.3, -0.25) is 0 Å². The molecule has 0 saturated heterocycles. The standard InChI is InChI=1S/CH6B2.H2S/c1-3-2;/h3H,2H2,1H3;1H2. The van der Waals surface area contributed by atoms with Gasteiger partial charge in [-0.2, -0.15) is 13.5 Å². The second kappa shape index (κ2) is 9.77. The van der Waals surface area contributed by atoms with E-state index in [0.29, 0.717) is 0 Å². The van der Waals surface area contributed by atoms with Crippen molar-refractivity contribution in [3.8, 4) is 0 Å². The second-order valence-electron chi connectivity index (χ2n) is 0.707. The molecule has 0 amide bonds. The molecule has 0 unspecified atom stereocenters. The second-order valence-corrected chi connectivity index (χ2v) is 0.707. The summed E-state index contributed by atoms with van der Waals surface area (Å²) in [5, 5.41) is 0. The van der Waals surface area contributed by atoms with Crippen LogP contribution in [0.4, 0.5) is 0 Å². The Morgan fingerprint density at radius 2 is 1.75 bits per heavy atom. The zero-order chi connectivity index (χ0) is 2.71. The van der Waals surface area contributed by atoms with Crippen molar-refractivity contribution in [1.29, 1.82) is 0 Å². The largest absolute Gasteiger partial charge is 0.197 e. The van der Waals surface area contributed by atoms with Crippen LogP contribution in [0.25, 0.3) is 0 Å². The molecule has 0 aliphatic carbocycles. The molecule has 0 bridgehead atoms. The Balaban J connectivity index is 0. The third-order valence-electron chi connectivity index (χ3n) is 0. The Hall–Kier alpha value is 0.480. The molecule has 0 aliphatic rings. The van der Waals surface area contributed by atoms with Crippen molar-refractivity contribution in [2.24, 2.45) is 0 Å². The molecule has 0 aliphatic heterocycles. The molecule has 0 N–H and O–H groups in total. The fourth-order valence-electron chi connectivity index (χ4n) is 0. The molecular formula is CH8B2S. The summed E-state index contributed by atoms with van der Waals surface area (Å²) in [4.78, 5) is 0. The Kier molecular flexibility index (Phi) is 21.6. The Morgan fingerprint density at radius 3 is 1.75 bits per heavy atom. The van der Waals surface area contributed by atoms with E-state index in [0.717, 1.165) is 0 Å².